The maximum Gasteiger partial charge on any atom is 0.407 e. The average Bonchev–Trinajstić information content (AvgIpc) is 3.34. The number of aliphatic hydroxyl groups is 1. The maximum absolute atomic E-state index is 13.8. The van der Waals surface area contributed by atoms with Crippen molar-refractivity contribution in [3.8, 4) is 11.3 Å². The minimum atomic E-state index is -4.59. The summed E-state index contributed by atoms with van der Waals surface area (Å²) in [5, 5.41) is 24.8. The number of benzene rings is 2. The first kappa shape index (κ1) is 31.7. The molecule has 1 aliphatic rings. The molecule has 3 heterocycles. The molecule has 2 N–H and O–H groups in total. The van der Waals surface area contributed by atoms with Gasteiger partial charge in [0.15, 0.2) is 5.52 Å². The number of halogens is 3. The smallest absolute Gasteiger partial charge is 0.407 e. The van der Waals surface area contributed by atoms with Crippen LogP contribution in [0.2, 0.25) is 0 Å². The molecule has 238 valence electrons. The van der Waals surface area contributed by atoms with Gasteiger partial charge in [0.25, 0.3) is 5.56 Å². The fourth-order valence-corrected chi connectivity index (χ4v) is 5.70. The van der Waals surface area contributed by atoms with Crippen LogP contribution in [0.1, 0.15) is 36.3 Å². The van der Waals surface area contributed by atoms with E-state index in [2.05, 4.69) is 10.1 Å². The zero-order valence-corrected chi connectivity index (χ0v) is 24.7. The van der Waals surface area contributed by atoms with Gasteiger partial charge in [-0.3, -0.25) is 18.8 Å². The second kappa shape index (κ2) is 12.3. The van der Waals surface area contributed by atoms with E-state index in [-0.39, 0.29) is 50.1 Å². The summed E-state index contributed by atoms with van der Waals surface area (Å²) in [6, 6.07) is 14.5. The Kier molecular flexibility index (Phi) is 8.70. The monoisotopic (exact) mass is 626 g/mol. The predicted molar refractivity (Wildman–Crippen MR) is 158 cm³/mol. The van der Waals surface area contributed by atoms with E-state index >= 15 is 0 Å². The van der Waals surface area contributed by atoms with E-state index in [0.29, 0.717) is 11.2 Å². The lowest BCUT2D eigenvalue weighted by molar-refractivity contribution is -0.162. The number of carbonyl (C=O) groups is 2. The van der Waals surface area contributed by atoms with Crippen LogP contribution in [0, 0.1) is 0 Å². The molecule has 1 atom stereocenters. The number of carboxylic acid groups (broad SMARTS) is 1. The number of aromatic nitrogens is 4. The molecule has 45 heavy (non-hydrogen) atoms. The number of carbonyl (C=O) groups excluding carboxylic acids is 1. The zero-order valence-electron chi connectivity index (χ0n) is 24.7. The molecule has 0 aliphatic carbocycles. The summed E-state index contributed by atoms with van der Waals surface area (Å²) in [6.07, 6.45) is -4.89. The van der Waals surface area contributed by atoms with Crippen LogP contribution in [-0.2, 0) is 24.9 Å². The predicted octanol–water partition coefficient (Wildman–Crippen LogP) is 4.00. The summed E-state index contributed by atoms with van der Waals surface area (Å²) in [4.78, 5) is 44.4. The lowest BCUT2D eigenvalue weighted by Gasteiger charge is -2.39. The maximum atomic E-state index is 13.8. The molecular formula is C31H33F3N6O5. The fourth-order valence-electron chi connectivity index (χ4n) is 5.70. The van der Waals surface area contributed by atoms with Crippen molar-refractivity contribution in [3.63, 3.8) is 0 Å². The van der Waals surface area contributed by atoms with E-state index in [1.54, 1.807) is 37.4 Å². The van der Waals surface area contributed by atoms with Gasteiger partial charge in [0.05, 0.1) is 30.1 Å². The van der Waals surface area contributed by atoms with Gasteiger partial charge in [-0.1, -0.05) is 54.6 Å². The number of piperidine rings is 1. The summed E-state index contributed by atoms with van der Waals surface area (Å²) < 4.78 is 44.1. The Hall–Kier alpha value is -4.72. The second-order valence-corrected chi connectivity index (χ2v) is 11.5. The normalized spacial score (nSPS) is 15.6. The van der Waals surface area contributed by atoms with Crippen molar-refractivity contribution >= 4 is 23.0 Å². The van der Waals surface area contributed by atoms with Crippen molar-refractivity contribution in [2.45, 2.75) is 50.0 Å². The van der Waals surface area contributed by atoms with Gasteiger partial charge in [-0.05, 0) is 24.0 Å². The molecule has 1 unspecified atom stereocenters. The molecule has 2 aromatic carbocycles. The van der Waals surface area contributed by atoms with E-state index in [9.17, 15) is 32.7 Å². The van der Waals surface area contributed by atoms with Crippen LogP contribution >= 0.6 is 0 Å². The quantitative estimate of drug-likeness (QED) is 0.302. The van der Waals surface area contributed by atoms with Gasteiger partial charge in [0, 0.05) is 45.7 Å². The molecule has 14 heteroatoms. The number of hydrogen-bond acceptors (Lipinski definition) is 6. The third-order valence-electron chi connectivity index (χ3n) is 8.27. The third-order valence-corrected chi connectivity index (χ3v) is 8.27. The van der Waals surface area contributed by atoms with Gasteiger partial charge < -0.3 is 20.0 Å². The van der Waals surface area contributed by atoms with E-state index in [1.807, 2.05) is 0 Å². The summed E-state index contributed by atoms with van der Waals surface area (Å²) in [6.45, 7) is 0.182. The van der Waals surface area contributed by atoms with Crippen molar-refractivity contribution in [1.29, 1.82) is 0 Å². The Balaban J connectivity index is 1.27. The SMILES string of the molecule is CN(Cc1ccc(-c2c3ncn(CC4(O)CCN(C(=O)CC(c5ccccc5)C(F)(F)F)CC4)c(=O)c3nn2C)cc1)C(=O)O. The highest BCUT2D eigenvalue weighted by molar-refractivity contribution is 5.89. The minimum Gasteiger partial charge on any atom is -0.465 e. The number of nitrogens with zero attached hydrogens (tertiary/aromatic N) is 6. The highest BCUT2D eigenvalue weighted by Crippen LogP contribution is 2.38. The highest BCUT2D eigenvalue weighted by atomic mass is 19.4. The van der Waals surface area contributed by atoms with Crippen molar-refractivity contribution in [2.24, 2.45) is 7.05 Å². The van der Waals surface area contributed by atoms with Crippen LogP contribution < -0.4 is 5.56 Å². The Morgan fingerprint density at radius 3 is 2.29 bits per heavy atom. The molecule has 2 aromatic heterocycles. The molecule has 0 saturated carbocycles. The molecule has 11 nitrogen and oxygen atoms in total. The molecule has 0 radical (unpaired) electrons. The zero-order chi connectivity index (χ0) is 32.5. The molecule has 4 aromatic rings. The first-order valence-electron chi connectivity index (χ1n) is 14.3. The molecule has 1 fully saturated rings. The van der Waals surface area contributed by atoms with Crippen LogP contribution in [0.15, 0.2) is 65.7 Å². The van der Waals surface area contributed by atoms with E-state index in [0.717, 1.165) is 16.0 Å². The molecule has 0 spiro atoms. The number of alkyl halides is 3. The largest absolute Gasteiger partial charge is 0.465 e. The third kappa shape index (κ3) is 6.85. The fraction of sp³-hybridized carbons (Fsp3) is 0.387. The number of rotatable bonds is 8. The van der Waals surface area contributed by atoms with E-state index in [1.165, 1.54) is 51.8 Å². The number of likely N-dealkylation sites (tertiary alicyclic amines) is 1. The molecule has 2 amide bonds. The minimum absolute atomic E-state index is 0.0207. The van der Waals surface area contributed by atoms with Gasteiger partial charge in [0.2, 0.25) is 5.91 Å². The van der Waals surface area contributed by atoms with Crippen LogP contribution in [0.4, 0.5) is 18.0 Å². The van der Waals surface area contributed by atoms with Crippen LogP contribution in [0.3, 0.4) is 0 Å². The van der Waals surface area contributed by atoms with Gasteiger partial charge in [-0.2, -0.15) is 18.3 Å². The van der Waals surface area contributed by atoms with Crippen molar-refractivity contribution in [2.75, 3.05) is 20.1 Å². The molecule has 1 saturated heterocycles. The van der Waals surface area contributed by atoms with Crippen LogP contribution in [0.25, 0.3) is 22.3 Å². The van der Waals surface area contributed by atoms with Crippen molar-refractivity contribution in [1.82, 2.24) is 29.1 Å². The Morgan fingerprint density at radius 2 is 1.69 bits per heavy atom. The van der Waals surface area contributed by atoms with Crippen molar-refractivity contribution in [3.05, 3.63) is 82.4 Å². The molecule has 0 bridgehead atoms. The van der Waals surface area contributed by atoms with Crippen molar-refractivity contribution < 1.29 is 33.0 Å². The van der Waals surface area contributed by atoms with Gasteiger partial charge in [-0.15, -0.1) is 0 Å². The van der Waals surface area contributed by atoms with E-state index < -0.39 is 41.7 Å². The topological polar surface area (TPSA) is 134 Å². The lowest BCUT2D eigenvalue weighted by Crippen LogP contribution is -2.50. The van der Waals surface area contributed by atoms with E-state index in [4.69, 9.17) is 5.11 Å². The molecule has 1 aliphatic heterocycles. The number of hydrogen-bond donors (Lipinski definition) is 2. The second-order valence-electron chi connectivity index (χ2n) is 11.5. The summed E-state index contributed by atoms with van der Waals surface area (Å²) >= 11 is 0. The number of aryl methyl sites for hydroxylation is 1. The number of fused-ring (bicyclic) bond motifs is 1. The standard InChI is InChI=1S/C31H33F3N6O5/c1-37(29(43)44)17-20-8-10-22(11-9-20)27-25-26(36-38(27)2)28(42)40(19-35-25)18-30(45)12-14-39(15-13-30)24(41)16-23(31(32,33)34)21-6-4-3-5-7-21/h3-11,19,23,45H,12-18H2,1-2H3,(H,43,44). The summed E-state index contributed by atoms with van der Waals surface area (Å²) in [5.41, 5.74) is 0.724. The summed E-state index contributed by atoms with van der Waals surface area (Å²) in [5.74, 6) is -2.57. The first-order valence-corrected chi connectivity index (χ1v) is 14.3. The highest BCUT2D eigenvalue weighted by Gasteiger charge is 2.43. The molecule has 5 rings (SSSR count). The first-order chi connectivity index (χ1) is 21.3. The number of amides is 2. The Bertz CT molecular complexity index is 1750. The summed E-state index contributed by atoms with van der Waals surface area (Å²) in [7, 11) is 3.15. The van der Waals surface area contributed by atoms with Gasteiger partial charge in [-0.25, -0.2) is 9.78 Å². The Labute approximate surface area is 256 Å². The molecular weight excluding hydrogens is 593 g/mol. The van der Waals surface area contributed by atoms with Gasteiger partial charge in [0.1, 0.15) is 5.52 Å². The van der Waals surface area contributed by atoms with Crippen LogP contribution in [-0.4, -0.2) is 83.3 Å². The van der Waals surface area contributed by atoms with Crippen LogP contribution in [0.5, 0.6) is 0 Å². The Morgan fingerprint density at radius 1 is 1.04 bits per heavy atom. The van der Waals surface area contributed by atoms with Gasteiger partial charge >= 0.3 is 12.3 Å². The average molecular weight is 627 g/mol. The lowest BCUT2D eigenvalue weighted by atomic mass is 9.90.